The number of nitrogens with one attached hydrogen (secondary N) is 1. The predicted octanol–water partition coefficient (Wildman–Crippen LogP) is 3.98. The van der Waals surface area contributed by atoms with E-state index in [0.717, 1.165) is 31.2 Å². The lowest BCUT2D eigenvalue weighted by atomic mass is 10.1. The van der Waals surface area contributed by atoms with E-state index in [4.69, 9.17) is 15.2 Å². The van der Waals surface area contributed by atoms with Crippen LogP contribution in [0.3, 0.4) is 0 Å². The van der Waals surface area contributed by atoms with Gasteiger partial charge in [0.1, 0.15) is 11.4 Å². The number of carbonyl (C=O) groups excluding carboxylic acids is 2. The Morgan fingerprint density at radius 3 is 2.59 bits per heavy atom. The molecule has 0 fully saturated rings. The SMILES string of the molecule is CCCCOc1cc(C(N)=O)ccc1CC/C=C/CNC(=O)OC(C)(C)C. The predicted molar refractivity (Wildman–Crippen MR) is 107 cm³/mol. The molecule has 1 aromatic carbocycles. The average Bonchev–Trinajstić information content (AvgIpc) is 2.57. The van der Waals surface area contributed by atoms with Gasteiger partial charge in [0.2, 0.25) is 5.91 Å². The van der Waals surface area contributed by atoms with Crippen LogP contribution in [0.2, 0.25) is 0 Å². The Hall–Kier alpha value is -2.50. The van der Waals surface area contributed by atoms with Crippen LogP contribution in [0, 0.1) is 0 Å². The molecule has 6 heteroatoms. The molecule has 150 valence electrons. The summed E-state index contributed by atoms with van der Waals surface area (Å²) in [4.78, 5) is 22.9. The topological polar surface area (TPSA) is 90.6 Å². The minimum atomic E-state index is -0.501. The summed E-state index contributed by atoms with van der Waals surface area (Å²) in [5, 5.41) is 2.68. The lowest BCUT2D eigenvalue weighted by molar-refractivity contribution is 0.0534. The summed E-state index contributed by atoms with van der Waals surface area (Å²) in [5.74, 6) is 0.245. The van der Waals surface area contributed by atoms with Crippen molar-refractivity contribution in [2.24, 2.45) is 5.73 Å². The minimum Gasteiger partial charge on any atom is -0.493 e. The maximum absolute atomic E-state index is 11.5. The number of hydrogen-bond acceptors (Lipinski definition) is 4. The van der Waals surface area contributed by atoms with Gasteiger partial charge in [-0.2, -0.15) is 0 Å². The van der Waals surface area contributed by atoms with E-state index in [1.165, 1.54) is 0 Å². The number of nitrogens with two attached hydrogens (primary N) is 1. The van der Waals surface area contributed by atoms with Gasteiger partial charge in [0.25, 0.3) is 0 Å². The number of rotatable bonds is 10. The molecule has 2 amide bonds. The van der Waals surface area contributed by atoms with Crippen LogP contribution in [0.25, 0.3) is 0 Å². The van der Waals surface area contributed by atoms with Crippen LogP contribution in [0.5, 0.6) is 5.75 Å². The maximum Gasteiger partial charge on any atom is 0.407 e. The molecule has 0 atom stereocenters. The summed E-state index contributed by atoms with van der Waals surface area (Å²) >= 11 is 0. The molecule has 1 aromatic rings. The molecule has 27 heavy (non-hydrogen) atoms. The summed E-state index contributed by atoms with van der Waals surface area (Å²) in [5.41, 5.74) is 6.33. The lowest BCUT2D eigenvalue weighted by Crippen LogP contribution is -2.32. The van der Waals surface area contributed by atoms with Gasteiger partial charge >= 0.3 is 6.09 Å². The Morgan fingerprint density at radius 1 is 1.22 bits per heavy atom. The molecule has 0 aliphatic carbocycles. The maximum atomic E-state index is 11.5. The van der Waals surface area contributed by atoms with E-state index in [0.29, 0.717) is 24.5 Å². The van der Waals surface area contributed by atoms with E-state index in [1.54, 1.807) is 12.1 Å². The van der Waals surface area contributed by atoms with Gasteiger partial charge in [-0.25, -0.2) is 4.79 Å². The van der Waals surface area contributed by atoms with Gasteiger partial charge < -0.3 is 20.5 Å². The molecular formula is C21H32N2O4. The van der Waals surface area contributed by atoms with Crippen molar-refractivity contribution in [1.29, 1.82) is 0 Å². The summed E-state index contributed by atoms with van der Waals surface area (Å²) in [6.07, 6.45) is 7.00. The number of benzene rings is 1. The highest BCUT2D eigenvalue weighted by atomic mass is 16.6. The Labute approximate surface area is 162 Å². The monoisotopic (exact) mass is 376 g/mol. The molecule has 0 aromatic heterocycles. The quantitative estimate of drug-likeness (QED) is 0.477. The number of hydrogen-bond donors (Lipinski definition) is 2. The van der Waals surface area contributed by atoms with E-state index in [1.807, 2.05) is 39.0 Å². The highest BCUT2D eigenvalue weighted by molar-refractivity contribution is 5.93. The van der Waals surface area contributed by atoms with Gasteiger partial charge in [-0.1, -0.05) is 31.6 Å². The zero-order valence-corrected chi connectivity index (χ0v) is 16.8. The highest BCUT2D eigenvalue weighted by Gasteiger charge is 2.15. The van der Waals surface area contributed by atoms with E-state index >= 15 is 0 Å². The highest BCUT2D eigenvalue weighted by Crippen LogP contribution is 2.22. The molecule has 3 N–H and O–H groups in total. The molecular weight excluding hydrogens is 344 g/mol. The van der Waals surface area contributed by atoms with Gasteiger partial charge in [0, 0.05) is 12.1 Å². The number of unbranched alkanes of at least 4 members (excludes halogenated alkanes) is 1. The van der Waals surface area contributed by atoms with Crippen molar-refractivity contribution in [2.75, 3.05) is 13.2 Å². The second kappa shape index (κ2) is 11.3. The first-order valence-electron chi connectivity index (χ1n) is 9.40. The molecule has 6 nitrogen and oxygen atoms in total. The number of carbonyl (C=O) groups is 2. The third kappa shape index (κ3) is 9.68. The second-order valence-electron chi connectivity index (χ2n) is 7.28. The smallest absolute Gasteiger partial charge is 0.407 e. The van der Waals surface area contributed by atoms with Gasteiger partial charge in [-0.15, -0.1) is 0 Å². The minimum absolute atomic E-state index is 0.412. The van der Waals surface area contributed by atoms with Crippen molar-refractivity contribution < 1.29 is 19.1 Å². The van der Waals surface area contributed by atoms with Crippen LogP contribution in [0.4, 0.5) is 4.79 Å². The standard InChI is InChI=1S/C21H32N2O4/c1-5-6-14-26-18-15-17(19(22)24)12-11-16(18)10-8-7-9-13-23-20(25)27-21(2,3)4/h7,9,11-12,15H,5-6,8,10,13-14H2,1-4H3,(H2,22,24)(H,23,25)/b9-7+. The van der Waals surface area contributed by atoms with Gasteiger partial charge in [0.15, 0.2) is 0 Å². The molecule has 0 aliphatic rings. The Morgan fingerprint density at radius 2 is 1.96 bits per heavy atom. The molecule has 1 rings (SSSR count). The Bertz CT molecular complexity index is 648. The summed E-state index contributed by atoms with van der Waals surface area (Å²) in [7, 11) is 0. The summed E-state index contributed by atoms with van der Waals surface area (Å²) < 4.78 is 11.0. The van der Waals surface area contributed by atoms with Crippen LogP contribution in [0.15, 0.2) is 30.4 Å². The Balaban J connectivity index is 2.52. The fourth-order valence-electron chi connectivity index (χ4n) is 2.27. The molecule has 0 saturated carbocycles. The van der Waals surface area contributed by atoms with Crippen molar-refractivity contribution in [2.45, 2.75) is 59.0 Å². The second-order valence-corrected chi connectivity index (χ2v) is 7.28. The third-order valence-corrected chi connectivity index (χ3v) is 3.62. The van der Waals surface area contributed by atoms with Gasteiger partial charge in [0.05, 0.1) is 6.61 Å². The molecule has 0 aliphatic heterocycles. The van der Waals surface area contributed by atoms with E-state index in [-0.39, 0.29) is 0 Å². The first-order chi connectivity index (χ1) is 12.7. The number of amides is 2. The van der Waals surface area contributed by atoms with E-state index in [9.17, 15) is 9.59 Å². The van der Waals surface area contributed by atoms with Crippen molar-refractivity contribution in [3.05, 3.63) is 41.5 Å². The fourth-order valence-corrected chi connectivity index (χ4v) is 2.27. The third-order valence-electron chi connectivity index (χ3n) is 3.62. The largest absolute Gasteiger partial charge is 0.493 e. The molecule has 0 radical (unpaired) electrons. The lowest BCUT2D eigenvalue weighted by Gasteiger charge is -2.19. The number of primary amides is 1. The molecule has 0 saturated heterocycles. The normalized spacial score (nSPS) is 11.4. The molecule has 0 unspecified atom stereocenters. The van der Waals surface area contributed by atoms with Crippen molar-refractivity contribution in [3.63, 3.8) is 0 Å². The molecule has 0 bridgehead atoms. The van der Waals surface area contributed by atoms with Gasteiger partial charge in [-0.3, -0.25) is 4.79 Å². The van der Waals surface area contributed by atoms with Crippen LogP contribution in [-0.4, -0.2) is 30.8 Å². The van der Waals surface area contributed by atoms with Crippen LogP contribution >= 0.6 is 0 Å². The number of aryl methyl sites for hydroxylation is 1. The fraction of sp³-hybridized carbons (Fsp3) is 0.524. The van der Waals surface area contributed by atoms with Crippen molar-refractivity contribution >= 4 is 12.0 Å². The first kappa shape index (κ1) is 22.5. The molecule has 0 heterocycles. The van der Waals surface area contributed by atoms with E-state index in [2.05, 4.69) is 12.2 Å². The number of alkyl carbamates (subject to hydrolysis) is 1. The van der Waals surface area contributed by atoms with Crippen LogP contribution in [0.1, 0.15) is 62.9 Å². The Kier molecular flexibility index (Phi) is 9.40. The van der Waals surface area contributed by atoms with Crippen LogP contribution in [-0.2, 0) is 11.2 Å². The van der Waals surface area contributed by atoms with Crippen LogP contribution < -0.4 is 15.8 Å². The zero-order chi connectivity index (χ0) is 20.3. The average molecular weight is 376 g/mol. The summed E-state index contributed by atoms with van der Waals surface area (Å²) in [6.45, 7) is 8.60. The summed E-state index contributed by atoms with van der Waals surface area (Å²) in [6, 6.07) is 5.31. The van der Waals surface area contributed by atoms with Crippen molar-refractivity contribution in [3.8, 4) is 5.75 Å². The number of ether oxygens (including phenoxy) is 2. The molecule has 0 spiro atoms. The first-order valence-corrected chi connectivity index (χ1v) is 9.40. The van der Waals surface area contributed by atoms with Gasteiger partial charge in [-0.05, 0) is 57.7 Å². The number of allylic oxidation sites excluding steroid dienone is 1. The van der Waals surface area contributed by atoms with E-state index < -0.39 is 17.6 Å². The van der Waals surface area contributed by atoms with Crippen molar-refractivity contribution in [1.82, 2.24) is 5.32 Å². The zero-order valence-electron chi connectivity index (χ0n) is 16.8.